The Hall–Kier alpha value is -2.25. The lowest BCUT2D eigenvalue weighted by molar-refractivity contribution is -0.113. The highest BCUT2D eigenvalue weighted by molar-refractivity contribution is 7.99. The minimum absolute atomic E-state index is 0.0262. The molecular formula is C19H20N2OS. The van der Waals surface area contributed by atoms with E-state index in [1.54, 1.807) is 6.07 Å². The maximum Gasteiger partial charge on any atom is 0.234 e. The van der Waals surface area contributed by atoms with E-state index in [-0.39, 0.29) is 5.91 Å². The van der Waals surface area contributed by atoms with E-state index in [0.717, 1.165) is 11.3 Å². The van der Waals surface area contributed by atoms with Crippen molar-refractivity contribution in [3.8, 4) is 6.07 Å². The molecule has 23 heavy (non-hydrogen) atoms. The molecule has 0 unspecified atom stereocenters. The third-order valence-electron chi connectivity index (χ3n) is 3.49. The van der Waals surface area contributed by atoms with Crippen molar-refractivity contribution in [2.24, 2.45) is 0 Å². The highest BCUT2D eigenvalue weighted by atomic mass is 32.2. The maximum absolute atomic E-state index is 12.0. The molecule has 4 heteroatoms. The molecule has 1 N–H and O–H groups in total. The average Bonchev–Trinajstić information content (AvgIpc) is 2.55. The van der Waals surface area contributed by atoms with Crippen molar-refractivity contribution in [2.45, 2.75) is 25.5 Å². The van der Waals surface area contributed by atoms with Gasteiger partial charge in [0.05, 0.1) is 17.4 Å². The molecule has 0 radical (unpaired) electrons. The summed E-state index contributed by atoms with van der Waals surface area (Å²) < 4.78 is 0. The summed E-state index contributed by atoms with van der Waals surface area (Å²) in [5.74, 6) is 1.48. The summed E-state index contributed by atoms with van der Waals surface area (Å²) in [5.41, 5.74) is 3.71. The molecule has 2 rings (SSSR count). The molecule has 2 aromatic rings. The number of thioether (sulfide) groups is 1. The summed E-state index contributed by atoms with van der Waals surface area (Å²) in [6.45, 7) is 4.28. The molecule has 2 aromatic carbocycles. The number of carbonyl (C=O) groups excluding carboxylic acids is 1. The summed E-state index contributed by atoms with van der Waals surface area (Å²) in [6.07, 6.45) is 0. The number of hydrogen-bond donors (Lipinski definition) is 1. The average molecular weight is 324 g/mol. The minimum Gasteiger partial charge on any atom is -0.325 e. The fourth-order valence-corrected chi connectivity index (χ4v) is 2.99. The number of nitrogens with zero attached hydrogens (tertiary/aromatic N) is 1. The Labute approximate surface area is 141 Å². The van der Waals surface area contributed by atoms with E-state index < -0.39 is 0 Å². The first-order valence-electron chi connectivity index (χ1n) is 7.55. The van der Waals surface area contributed by atoms with Crippen molar-refractivity contribution >= 4 is 23.4 Å². The van der Waals surface area contributed by atoms with E-state index >= 15 is 0 Å². The fourth-order valence-electron chi connectivity index (χ4n) is 2.16. The standard InChI is InChI=1S/C19H20N2OS/c1-14(2)15-7-9-18(10-8-15)21-19(22)13-23-12-17-6-4-3-5-16(17)11-20/h3-10,14H,12-13H2,1-2H3,(H,21,22). The van der Waals surface area contributed by atoms with E-state index in [2.05, 4.69) is 25.2 Å². The number of anilines is 1. The Bertz CT molecular complexity index is 702. The van der Waals surface area contributed by atoms with Gasteiger partial charge in [0.1, 0.15) is 0 Å². The predicted molar refractivity (Wildman–Crippen MR) is 96.5 cm³/mol. The number of hydrogen-bond acceptors (Lipinski definition) is 3. The summed E-state index contributed by atoms with van der Waals surface area (Å²) in [7, 11) is 0. The second-order valence-corrected chi connectivity index (χ2v) is 6.57. The minimum atomic E-state index is -0.0262. The Morgan fingerprint density at radius 3 is 2.52 bits per heavy atom. The SMILES string of the molecule is CC(C)c1ccc(NC(=O)CSCc2ccccc2C#N)cc1. The van der Waals surface area contributed by atoms with Crippen LogP contribution in [0.25, 0.3) is 0 Å². The maximum atomic E-state index is 12.0. The molecule has 118 valence electrons. The fraction of sp³-hybridized carbons (Fsp3) is 0.263. The number of benzene rings is 2. The van der Waals surface area contributed by atoms with Gasteiger partial charge in [0, 0.05) is 11.4 Å². The van der Waals surface area contributed by atoms with Crippen molar-refractivity contribution in [1.29, 1.82) is 5.26 Å². The van der Waals surface area contributed by atoms with Crippen LogP contribution in [0.2, 0.25) is 0 Å². The topological polar surface area (TPSA) is 52.9 Å². The molecule has 0 bridgehead atoms. The van der Waals surface area contributed by atoms with Gasteiger partial charge < -0.3 is 5.32 Å². The molecule has 0 aliphatic carbocycles. The van der Waals surface area contributed by atoms with Gasteiger partial charge in [-0.3, -0.25) is 4.79 Å². The zero-order valence-corrected chi connectivity index (χ0v) is 14.2. The molecule has 0 saturated carbocycles. The van der Waals surface area contributed by atoms with Crippen LogP contribution in [0, 0.1) is 11.3 Å². The van der Waals surface area contributed by atoms with Crippen LogP contribution >= 0.6 is 11.8 Å². The van der Waals surface area contributed by atoms with Gasteiger partial charge in [-0.1, -0.05) is 44.2 Å². The van der Waals surface area contributed by atoms with Crippen LogP contribution in [0.1, 0.15) is 36.5 Å². The Kier molecular flexibility index (Phi) is 6.25. The smallest absolute Gasteiger partial charge is 0.234 e. The van der Waals surface area contributed by atoms with E-state index in [9.17, 15) is 4.79 Å². The third-order valence-corrected chi connectivity index (χ3v) is 4.47. The number of rotatable bonds is 6. The number of amides is 1. The Balaban J connectivity index is 1.82. The van der Waals surface area contributed by atoms with Gasteiger partial charge in [0.15, 0.2) is 0 Å². The van der Waals surface area contributed by atoms with Gasteiger partial charge in [-0.25, -0.2) is 0 Å². The van der Waals surface area contributed by atoms with Gasteiger partial charge in [-0.05, 0) is 35.2 Å². The van der Waals surface area contributed by atoms with Crippen molar-refractivity contribution in [3.63, 3.8) is 0 Å². The summed E-state index contributed by atoms with van der Waals surface area (Å²) in [5, 5.41) is 11.9. The molecule has 0 atom stereocenters. The first-order valence-corrected chi connectivity index (χ1v) is 8.71. The molecule has 0 aromatic heterocycles. The number of carbonyl (C=O) groups is 1. The van der Waals surface area contributed by atoms with Crippen molar-refractivity contribution < 1.29 is 4.79 Å². The second-order valence-electron chi connectivity index (χ2n) is 5.59. The Morgan fingerprint density at radius 2 is 1.87 bits per heavy atom. The summed E-state index contributed by atoms with van der Waals surface area (Å²) in [6, 6.07) is 17.6. The van der Waals surface area contributed by atoms with Crippen molar-refractivity contribution in [1.82, 2.24) is 0 Å². The van der Waals surface area contributed by atoms with E-state index in [0.29, 0.717) is 23.0 Å². The molecule has 0 aliphatic heterocycles. The second kappa shape index (κ2) is 8.40. The van der Waals surface area contributed by atoms with Crippen molar-refractivity contribution in [3.05, 3.63) is 65.2 Å². The van der Waals surface area contributed by atoms with Crippen molar-refractivity contribution in [2.75, 3.05) is 11.1 Å². The quantitative estimate of drug-likeness (QED) is 0.848. The molecule has 0 saturated heterocycles. The van der Waals surface area contributed by atoms with E-state index in [1.807, 2.05) is 42.5 Å². The molecule has 0 aliphatic rings. The zero-order chi connectivity index (χ0) is 16.7. The van der Waals surface area contributed by atoms with Crippen LogP contribution in [0.5, 0.6) is 0 Å². The van der Waals surface area contributed by atoms with Crippen LogP contribution in [0.3, 0.4) is 0 Å². The molecule has 0 fully saturated rings. The van der Waals surface area contributed by atoms with Gasteiger partial charge in [-0.15, -0.1) is 11.8 Å². The van der Waals surface area contributed by atoms with Crippen LogP contribution in [-0.2, 0) is 10.5 Å². The van der Waals surface area contributed by atoms with Crippen LogP contribution in [0.15, 0.2) is 48.5 Å². The summed E-state index contributed by atoms with van der Waals surface area (Å²) >= 11 is 1.51. The Morgan fingerprint density at radius 1 is 1.17 bits per heavy atom. The van der Waals surface area contributed by atoms with Gasteiger partial charge in [0.25, 0.3) is 0 Å². The van der Waals surface area contributed by atoms with Gasteiger partial charge in [-0.2, -0.15) is 5.26 Å². The lowest BCUT2D eigenvalue weighted by atomic mass is 10.0. The lowest BCUT2D eigenvalue weighted by Gasteiger charge is -2.08. The van der Waals surface area contributed by atoms with Gasteiger partial charge in [0.2, 0.25) is 5.91 Å². The zero-order valence-electron chi connectivity index (χ0n) is 13.4. The molecule has 1 amide bonds. The van der Waals surface area contributed by atoms with Crippen LogP contribution in [0.4, 0.5) is 5.69 Å². The number of nitrogens with one attached hydrogen (secondary N) is 1. The summed E-state index contributed by atoms with van der Waals surface area (Å²) in [4.78, 5) is 12.0. The molecule has 0 heterocycles. The lowest BCUT2D eigenvalue weighted by Crippen LogP contribution is -2.14. The van der Waals surface area contributed by atoms with Gasteiger partial charge >= 0.3 is 0 Å². The normalized spacial score (nSPS) is 10.3. The highest BCUT2D eigenvalue weighted by Gasteiger charge is 2.06. The largest absolute Gasteiger partial charge is 0.325 e. The van der Waals surface area contributed by atoms with E-state index in [4.69, 9.17) is 5.26 Å². The molecule has 0 spiro atoms. The van der Waals surface area contributed by atoms with Crippen LogP contribution in [-0.4, -0.2) is 11.7 Å². The van der Waals surface area contributed by atoms with Crippen LogP contribution < -0.4 is 5.32 Å². The molecular weight excluding hydrogens is 304 g/mol. The third kappa shape index (κ3) is 5.15. The first kappa shape index (κ1) is 17.1. The molecule has 3 nitrogen and oxygen atoms in total. The number of nitriles is 1. The highest BCUT2D eigenvalue weighted by Crippen LogP contribution is 2.18. The predicted octanol–water partition coefficient (Wildman–Crippen LogP) is 4.55. The van der Waals surface area contributed by atoms with E-state index in [1.165, 1.54) is 17.3 Å². The monoisotopic (exact) mass is 324 g/mol. The first-order chi connectivity index (χ1) is 11.1.